The number of carbonyl (C=O) groups is 2. The molecule has 0 radical (unpaired) electrons. The van der Waals surface area contributed by atoms with Crippen molar-refractivity contribution in [2.24, 2.45) is 0 Å². The van der Waals surface area contributed by atoms with Gasteiger partial charge < -0.3 is 24.8 Å². The highest BCUT2D eigenvalue weighted by Crippen LogP contribution is 2.39. The van der Waals surface area contributed by atoms with E-state index in [1.165, 1.54) is 19.3 Å². The molecule has 2 saturated heterocycles. The van der Waals surface area contributed by atoms with Gasteiger partial charge in [-0.25, -0.2) is 5.48 Å². The number of hydroxylamine groups is 1. The third kappa shape index (κ3) is 10.7. The number of unbranched alkanes of at least 4 members (excludes halogenated alkanes) is 3. The number of rotatable bonds is 15. The average Bonchev–Trinajstić information content (AvgIpc) is 3.12. The van der Waals surface area contributed by atoms with E-state index in [9.17, 15) is 14.7 Å². The number of amides is 2. The number of hydrogen-bond donors (Lipinski definition) is 4. The van der Waals surface area contributed by atoms with Crippen LogP contribution >= 0.6 is 0 Å². The molecule has 2 aliphatic rings. The molecular formula is C38H49N3O6. The quantitative estimate of drug-likeness (QED) is 0.0867. The highest BCUT2D eigenvalue weighted by Gasteiger charge is 2.33. The smallest absolute Gasteiger partial charge is 0.243 e. The van der Waals surface area contributed by atoms with Crippen molar-refractivity contribution in [1.29, 1.82) is 0 Å². The highest BCUT2D eigenvalue weighted by atomic mass is 16.7. The molecule has 2 amide bonds. The van der Waals surface area contributed by atoms with Crippen molar-refractivity contribution in [2.45, 2.75) is 95.9 Å². The molecule has 0 unspecified atom stereocenters. The van der Waals surface area contributed by atoms with Gasteiger partial charge in [0.15, 0.2) is 6.29 Å². The molecule has 2 aliphatic heterocycles. The monoisotopic (exact) mass is 643 g/mol. The summed E-state index contributed by atoms with van der Waals surface area (Å²) in [7, 11) is 0. The van der Waals surface area contributed by atoms with E-state index in [0.717, 1.165) is 78.7 Å². The predicted molar refractivity (Wildman–Crippen MR) is 180 cm³/mol. The molecule has 47 heavy (non-hydrogen) atoms. The van der Waals surface area contributed by atoms with Crippen LogP contribution in [0.5, 0.6) is 0 Å². The predicted octanol–water partition coefficient (Wildman–Crippen LogP) is 6.34. The van der Waals surface area contributed by atoms with Gasteiger partial charge in [-0.2, -0.15) is 0 Å². The highest BCUT2D eigenvalue weighted by molar-refractivity contribution is 5.76. The molecule has 0 spiro atoms. The standard InChI is InChI=1S/C38H49N3O6/c42-27-28-16-18-30(19-17-28)35-24-34(26-41-20-6-3-7-21-41)46-38(47-35)33-13-9-12-32(23-33)31-11-8-10-29(22-31)25-39-36(43)14-4-1-2-5-15-37(44)40-45/h8-13,16-19,22-23,34-35,38,42,45H,1-7,14-15,20-21,24-27H2,(H,39,43)(H,40,44)/t34-,35+,38+/m1/s1. The van der Waals surface area contributed by atoms with Gasteiger partial charge in [0.1, 0.15) is 0 Å². The first kappa shape index (κ1) is 34.7. The normalized spacial score (nSPS) is 20.1. The molecule has 3 aromatic rings. The molecule has 3 atom stereocenters. The number of carbonyl (C=O) groups excluding carboxylic acids is 2. The molecule has 5 rings (SSSR count). The van der Waals surface area contributed by atoms with Gasteiger partial charge in [-0.3, -0.25) is 14.8 Å². The van der Waals surface area contributed by atoms with Crippen LogP contribution in [-0.4, -0.2) is 52.8 Å². The van der Waals surface area contributed by atoms with Crippen LogP contribution in [0.4, 0.5) is 0 Å². The summed E-state index contributed by atoms with van der Waals surface area (Å²) in [4.78, 5) is 26.0. The first-order chi connectivity index (χ1) is 23.0. The zero-order chi connectivity index (χ0) is 32.8. The SMILES string of the molecule is O=C(CCCCCCC(=O)NCc1cccc(-c2cccc([C@H]3O[C@@H](CN4CCCCC4)C[C@@H](c4ccc(CO)cc4)O3)c2)c1)NO. The van der Waals surface area contributed by atoms with Gasteiger partial charge in [0.05, 0.1) is 18.8 Å². The van der Waals surface area contributed by atoms with E-state index in [1.54, 1.807) is 5.48 Å². The van der Waals surface area contributed by atoms with Gasteiger partial charge >= 0.3 is 0 Å². The Hall–Kier alpha value is -3.60. The minimum atomic E-state index is -0.504. The molecule has 0 saturated carbocycles. The zero-order valence-corrected chi connectivity index (χ0v) is 27.2. The number of benzene rings is 3. The fraction of sp³-hybridized carbons (Fsp3) is 0.474. The summed E-state index contributed by atoms with van der Waals surface area (Å²) >= 11 is 0. The molecule has 9 nitrogen and oxygen atoms in total. The van der Waals surface area contributed by atoms with Crippen molar-refractivity contribution < 1.29 is 29.4 Å². The first-order valence-electron chi connectivity index (χ1n) is 17.1. The average molecular weight is 644 g/mol. The number of aliphatic hydroxyl groups excluding tert-OH is 1. The van der Waals surface area contributed by atoms with Crippen LogP contribution in [0.2, 0.25) is 0 Å². The molecular weight excluding hydrogens is 594 g/mol. The van der Waals surface area contributed by atoms with Crippen molar-refractivity contribution in [2.75, 3.05) is 19.6 Å². The topological polar surface area (TPSA) is 120 Å². The van der Waals surface area contributed by atoms with Crippen LogP contribution < -0.4 is 10.8 Å². The Kier molecular flexibility index (Phi) is 13.4. The number of aliphatic hydroxyl groups is 1. The number of piperidine rings is 1. The molecule has 2 fully saturated rings. The lowest BCUT2D eigenvalue weighted by Crippen LogP contribution is -2.41. The number of likely N-dealkylation sites (tertiary alicyclic amines) is 1. The lowest BCUT2D eigenvalue weighted by Gasteiger charge is -2.39. The second-order valence-electron chi connectivity index (χ2n) is 12.8. The summed E-state index contributed by atoms with van der Waals surface area (Å²) in [5.41, 5.74) is 7.73. The number of nitrogens with zero attached hydrogens (tertiary/aromatic N) is 1. The fourth-order valence-electron chi connectivity index (χ4n) is 6.46. The van der Waals surface area contributed by atoms with Crippen LogP contribution in [0.25, 0.3) is 11.1 Å². The van der Waals surface area contributed by atoms with Gasteiger partial charge in [-0.05, 0) is 78.7 Å². The van der Waals surface area contributed by atoms with Gasteiger partial charge in [-0.15, -0.1) is 0 Å². The van der Waals surface area contributed by atoms with Gasteiger partial charge in [-0.1, -0.05) is 79.9 Å². The summed E-state index contributed by atoms with van der Waals surface area (Å²) in [6.45, 7) is 3.59. The van der Waals surface area contributed by atoms with E-state index in [4.69, 9.17) is 14.7 Å². The Morgan fingerprint density at radius 2 is 1.47 bits per heavy atom. The summed E-state index contributed by atoms with van der Waals surface area (Å²) in [5.74, 6) is -0.365. The third-order valence-electron chi connectivity index (χ3n) is 9.12. The Morgan fingerprint density at radius 1 is 0.766 bits per heavy atom. The van der Waals surface area contributed by atoms with Gasteiger partial charge in [0.25, 0.3) is 0 Å². The van der Waals surface area contributed by atoms with Crippen LogP contribution in [0.1, 0.15) is 98.9 Å². The Morgan fingerprint density at radius 3 is 2.19 bits per heavy atom. The Labute approximate surface area is 278 Å². The molecule has 0 aliphatic carbocycles. The number of ether oxygens (including phenoxy) is 2. The van der Waals surface area contributed by atoms with E-state index >= 15 is 0 Å². The maximum Gasteiger partial charge on any atom is 0.243 e. The zero-order valence-electron chi connectivity index (χ0n) is 27.2. The molecule has 0 bridgehead atoms. The maximum absolute atomic E-state index is 12.4. The van der Waals surface area contributed by atoms with Crippen LogP contribution in [-0.2, 0) is 32.2 Å². The van der Waals surface area contributed by atoms with Crippen molar-refractivity contribution in [3.63, 3.8) is 0 Å². The summed E-state index contributed by atoms with van der Waals surface area (Å²) < 4.78 is 13.3. The minimum Gasteiger partial charge on any atom is -0.392 e. The molecule has 9 heteroatoms. The Bertz CT molecular complexity index is 1420. The van der Waals surface area contributed by atoms with Crippen molar-refractivity contribution in [3.05, 3.63) is 95.1 Å². The molecule has 2 heterocycles. The maximum atomic E-state index is 12.4. The van der Waals surface area contributed by atoms with E-state index in [2.05, 4.69) is 52.7 Å². The fourth-order valence-corrected chi connectivity index (χ4v) is 6.46. The Balaban J connectivity index is 1.21. The van der Waals surface area contributed by atoms with E-state index in [1.807, 2.05) is 30.3 Å². The summed E-state index contributed by atoms with van der Waals surface area (Å²) in [6, 6.07) is 24.6. The van der Waals surface area contributed by atoms with Crippen molar-refractivity contribution in [1.82, 2.24) is 15.7 Å². The van der Waals surface area contributed by atoms with Crippen LogP contribution in [0.15, 0.2) is 72.8 Å². The lowest BCUT2D eigenvalue weighted by molar-refractivity contribution is -0.253. The molecule has 4 N–H and O–H groups in total. The van der Waals surface area contributed by atoms with Crippen LogP contribution in [0.3, 0.4) is 0 Å². The van der Waals surface area contributed by atoms with E-state index < -0.39 is 6.29 Å². The van der Waals surface area contributed by atoms with E-state index in [0.29, 0.717) is 25.8 Å². The number of nitrogens with one attached hydrogen (secondary N) is 2. The lowest BCUT2D eigenvalue weighted by atomic mass is 9.98. The first-order valence-corrected chi connectivity index (χ1v) is 17.1. The minimum absolute atomic E-state index is 0.0109. The summed E-state index contributed by atoms with van der Waals surface area (Å²) in [6.07, 6.45) is 7.87. The van der Waals surface area contributed by atoms with Gasteiger partial charge in [0, 0.05) is 37.9 Å². The van der Waals surface area contributed by atoms with Crippen molar-refractivity contribution >= 4 is 11.8 Å². The third-order valence-corrected chi connectivity index (χ3v) is 9.12. The molecule has 3 aromatic carbocycles. The summed E-state index contributed by atoms with van der Waals surface area (Å²) in [5, 5.41) is 21.1. The molecule has 0 aromatic heterocycles. The van der Waals surface area contributed by atoms with Crippen molar-refractivity contribution in [3.8, 4) is 11.1 Å². The largest absolute Gasteiger partial charge is 0.392 e. The second-order valence-corrected chi connectivity index (χ2v) is 12.8. The number of hydrogen-bond acceptors (Lipinski definition) is 7. The van der Waals surface area contributed by atoms with Gasteiger partial charge in [0.2, 0.25) is 11.8 Å². The second kappa shape index (κ2) is 18.1. The van der Waals surface area contributed by atoms with Crippen LogP contribution in [0, 0.1) is 0 Å². The molecule has 252 valence electrons. The van der Waals surface area contributed by atoms with E-state index in [-0.39, 0.29) is 30.6 Å².